The molecule has 0 aliphatic heterocycles. The van der Waals surface area contributed by atoms with Gasteiger partial charge in [-0.1, -0.05) is 6.07 Å². The molecule has 0 fully saturated rings. The van der Waals surface area contributed by atoms with Crippen molar-refractivity contribution in [2.45, 2.75) is 6.42 Å². The molecular formula is C9H7BrN2O2S2. The van der Waals surface area contributed by atoms with Gasteiger partial charge in [0.2, 0.25) is 10.3 Å². The number of aromatic nitrogens is 2. The van der Waals surface area contributed by atoms with E-state index in [0.29, 0.717) is 16.7 Å². The van der Waals surface area contributed by atoms with E-state index in [2.05, 4.69) is 25.9 Å². The van der Waals surface area contributed by atoms with E-state index in [0.717, 1.165) is 4.88 Å². The van der Waals surface area contributed by atoms with E-state index in [1.165, 1.54) is 6.20 Å². The van der Waals surface area contributed by atoms with Gasteiger partial charge in [-0.05, 0) is 27.4 Å². The summed E-state index contributed by atoms with van der Waals surface area (Å²) in [4.78, 5) is 8.05. The van der Waals surface area contributed by atoms with E-state index >= 15 is 0 Å². The molecule has 16 heavy (non-hydrogen) atoms. The van der Waals surface area contributed by atoms with E-state index in [9.17, 15) is 8.42 Å². The van der Waals surface area contributed by atoms with Gasteiger partial charge in [0, 0.05) is 17.5 Å². The first-order valence-corrected chi connectivity index (χ1v) is 7.10. The molecule has 0 saturated carbocycles. The molecule has 2 rings (SSSR count). The lowest BCUT2D eigenvalue weighted by Crippen LogP contribution is -1.96. The Balaban J connectivity index is 2.46. The molecule has 0 saturated heterocycles. The smallest absolute Gasteiger partial charge is 0.239 e. The van der Waals surface area contributed by atoms with Crippen LogP contribution in [0.2, 0.25) is 0 Å². The molecule has 0 unspecified atom stereocenters. The third-order valence-electron chi connectivity index (χ3n) is 1.90. The van der Waals surface area contributed by atoms with Crippen molar-refractivity contribution in [2.24, 2.45) is 0 Å². The number of nitrogens with one attached hydrogen (secondary N) is 1. The Labute approximate surface area is 106 Å². The maximum Gasteiger partial charge on any atom is 0.239 e. The predicted molar refractivity (Wildman–Crippen MR) is 65.6 cm³/mol. The van der Waals surface area contributed by atoms with Crippen molar-refractivity contribution in [1.82, 2.24) is 9.97 Å². The Hall–Kier alpha value is -0.920. The fourth-order valence-electron chi connectivity index (χ4n) is 1.21. The molecule has 0 atom stereocenters. The lowest BCUT2D eigenvalue weighted by atomic mass is 10.3. The number of hydrogen-bond donors (Lipinski definition) is 1. The Morgan fingerprint density at radius 3 is 2.94 bits per heavy atom. The van der Waals surface area contributed by atoms with Crippen LogP contribution in [0, 0.1) is 4.64 Å². The lowest BCUT2D eigenvalue weighted by molar-refractivity contribution is 0.623. The van der Waals surface area contributed by atoms with Crippen molar-refractivity contribution in [3.63, 3.8) is 0 Å². The highest BCUT2D eigenvalue weighted by molar-refractivity contribution is 9.10. The fourth-order valence-corrected chi connectivity index (χ4v) is 2.93. The zero-order valence-electron chi connectivity index (χ0n) is 7.97. The zero-order valence-corrected chi connectivity index (χ0v) is 11.2. The molecule has 0 aliphatic carbocycles. The minimum absolute atomic E-state index is 0.126. The highest BCUT2D eigenvalue weighted by Crippen LogP contribution is 2.13. The molecule has 0 aliphatic rings. The molecule has 2 aromatic heterocycles. The number of rotatable bonds is 2. The third kappa shape index (κ3) is 2.60. The van der Waals surface area contributed by atoms with Crippen molar-refractivity contribution in [3.05, 3.63) is 43.5 Å². The van der Waals surface area contributed by atoms with Gasteiger partial charge in [-0.15, -0.1) is 11.3 Å². The number of nitrogens with zero attached hydrogens (tertiary/aromatic N) is 1. The second-order valence-electron chi connectivity index (χ2n) is 3.00. The van der Waals surface area contributed by atoms with Crippen molar-refractivity contribution in [3.8, 4) is 0 Å². The minimum Gasteiger partial charge on any atom is -0.330 e. The summed E-state index contributed by atoms with van der Waals surface area (Å²) in [5, 5.41) is 1.97. The Bertz CT molecular complexity index is 651. The summed E-state index contributed by atoms with van der Waals surface area (Å²) in [5.74, 6) is 0.629. The summed E-state index contributed by atoms with van der Waals surface area (Å²) in [6.45, 7) is 0. The van der Waals surface area contributed by atoms with Gasteiger partial charge in [0.05, 0.1) is 4.47 Å². The van der Waals surface area contributed by atoms with E-state index < -0.39 is 10.3 Å². The van der Waals surface area contributed by atoms with Gasteiger partial charge in [0.25, 0.3) is 0 Å². The van der Waals surface area contributed by atoms with E-state index in [-0.39, 0.29) is 4.64 Å². The van der Waals surface area contributed by atoms with E-state index in [1.807, 2.05) is 17.5 Å². The van der Waals surface area contributed by atoms with Crippen LogP contribution in [0.4, 0.5) is 0 Å². The van der Waals surface area contributed by atoms with Gasteiger partial charge in [-0.3, -0.25) is 0 Å². The van der Waals surface area contributed by atoms with Crippen LogP contribution in [0.15, 0.2) is 28.2 Å². The first-order valence-electron chi connectivity index (χ1n) is 4.35. The van der Waals surface area contributed by atoms with Gasteiger partial charge in [0.15, 0.2) is 4.64 Å². The molecule has 0 spiro atoms. The molecule has 4 nitrogen and oxygen atoms in total. The number of aromatic amines is 1. The molecule has 2 aromatic rings. The van der Waals surface area contributed by atoms with Crippen molar-refractivity contribution in [2.75, 3.05) is 0 Å². The normalized spacial score (nSPS) is 10.3. The SMILES string of the molecule is O=S(=O)=c1[nH]c(Cc2cccs2)ncc1Br. The van der Waals surface area contributed by atoms with Crippen molar-refractivity contribution >= 4 is 37.6 Å². The summed E-state index contributed by atoms with van der Waals surface area (Å²) >= 11 is 4.74. The molecule has 0 bridgehead atoms. The van der Waals surface area contributed by atoms with E-state index in [4.69, 9.17) is 0 Å². The van der Waals surface area contributed by atoms with Gasteiger partial charge >= 0.3 is 0 Å². The third-order valence-corrected chi connectivity index (χ3v) is 4.29. The van der Waals surface area contributed by atoms with Crippen molar-refractivity contribution in [1.29, 1.82) is 0 Å². The largest absolute Gasteiger partial charge is 0.330 e. The number of thiophene rings is 1. The molecule has 7 heteroatoms. The summed E-state index contributed by atoms with van der Waals surface area (Å²) in [6.07, 6.45) is 2.10. The first-order chi connectivity index (χ1) is 7.66. The average molecular weight is 319 g/mol. The number of halogens is 1. The van der Waals surface area contributed by atoms with Crippen LogP contribution >= 0.6 is 27.3 Å². The van der Waals surface area contributed by atoms with Crippen LogP contribution < -0.4 is 0 Å². The summed E-state index contributed by atoms with van der Waals surface area (Å²) in [6, 6.07) is 3.93. The predicted octanol–water partition coefficient (Wildman–Crippen LogP) is 2.24. The second-order valence-corrected chi connectivity index (χ2v) is 5.76. The van der Waals surface area contributed by atoms with Crippen LogP contribution in [-0.2, 0) is 16.7 Å². The second kappa shape index (κ2) is 4.94. The van der Waals surface area contributed by atoms with E-state index in [1.54, 1.807) is 11.3 Å². The molecule has 2 heterocycles. The highest BCUT2D eigenvalue weighted by atomic mass is 79.9. The van der Waals surface area contributed by atoms with Gasteiger partial charge in [0.1, 0.15) is 5.82 Å². The van der Waals surface area contributed by atoms with Gasteiger partial charge in [-0.2, -0.15) is 8.42 Å². The standard InChI is InChI=1S/C9H7BrN2O2S2/c10-7-5-11-8(12-9(7)16(13)14)4-6-2-1-3-15-6/h1-3,5H,4H2,(H,11,12). The van der Waals surface area contributed by atoms with Crippen molar-refractivity contribution < 1.29 is 8.42 Å². The lowest BCUT2D eigenvalue weighted by Gasteiger charge is -1.98. The molecule has 0 radical (unpaired) electrons. The summed E-state index contributed by atoms with van der Waals surface area (Å²) in [5.41, 5.74) is 0. The maximum atomic E-state index is 10.9. The summed E-state index contributed by atoms with van der Waals surface area (Å²) < 4.78 is 22.3. The maximum absolute atomic E-state index is 10.9. The summed E-state index contributed by atoms with van der Waals surface area (Å²) in [7, 11) is -2.29. The Morgan fingerprint density at radius 1 is 1.50 bits per heavy atom. The van der Waals surface area contributed by atoms with Crippen LogP contribution in [0.1, 0.15) is 10.7 Å². The van der Waals surface area contributed by atoms with Crippen LogP contribution in [0.3, 0.4) is 0 Å². The number of H-pyrrole nitrogens is 1. The molecule has 1 N–H and O–H groups in total. The Morgan fingerprint density at radius 2 is 2.31 bits per heavy atom. The average Bonchev–Trinajstić information content (AvgIpc) is 2.73. The first kappa shape index (κ1) is 11.6. The molecule has 84 valence electrons. The van der Waals surface area contributed by atoms with Crippen LogP contribution in [0.25, 0.3) is 0 Å². The Kier molecular flexibility index (Phi) is 3.57. The highest BCUT2D eigenvalue weighted by Gasteiger charge is 2.01. The van der Waals surface area contributed by atoms with Gasteiger partial charge < -0.3 is 4.98 Å². The fraction of sp³-hybridized carbons (Fsp3) is 0.111. The van der Waals surface area contributed by atoms with Crippen LogP contribution in [-0.4, -0.2) is 18.4 Å². The minimum atomic E-state index is -2.29. The quantitative estimate of drug-likeness (QED) is 0.864. The zero-order chi connectivity index (χ0) is 11.5. The number of hydrogen-bond acceptors (Lipinski definition) is 4. The van der Waals surface area contributed by atoms with Gasteiger partial charge in [-0.25, -0.2) is 4.98 Å². The topological polar surface area (TPSA) is 62.8 Å². The molecular weight excluding hydrogens is 312 g/mol. The molecule has 0 aromatic carbocycles. The monoisotopic (exact) mass is 318 g/mol. The molecule has 0 amide bonds. The van der Waals surface area contributed by atoms with Crippen LogP contribution in [0.5, 0.6) is 0 Å².